The summed E-state index contributed by atoms with van der Waals surface area (Å²) < 4.78 is 1.43. The number of hydrogen-bond acceptors (Lipinski definition) is 4. The van der Waals surface area contributed by atoms with Gasteiger partial charge < -0.3 is 10.0 Å². The highest BCUT2D eigenvalue weighted by molar-refractivity contribution is 5.57. The van der Waals surface area contributed by atoms with Crippen LogP contribution in [0.4, 0.5) is 5.69 Å². The molecule has 3 rings (SSSR count). The number of rotatable bonds is 3. The Bertz CT molecular complexity index is 801. The van der Waals surface area contributed by atoms with Crippen LogP contribution in [0.5, 0.6) is 0 Å². The average molecular weight is 315 g/mol. The van der Waals surface area contributed by atoms with E-state index in [2.05, 4.69) is 9.88 Å². The Kier molecular flexibility index (Phi) is 4.34. The minimum absolute atomic E-state index is 0.265. The van der Waals surface area contributed by atoms with Gasteiger partial charge in [-0.3, -0.25) is 14.3 Å². The molecule has 1 saturated heterocycles. The number of piperidine rings is 1. The van der Waals surface area contributed by atoms with Gasteiger partial charge in [0.25, 0.3) is 5.56 Å². The van der Waals surface area contributed by atoms with Gasteiger partial charge in [0.15, 0.2) is 0 Å². The first-order chi connectivity index (χ1) is 11.1. The van der Waals surface area contributed by atoms with Crippen molar-refractivity contribution in [2.45, 2.75) is 19.8 Å². The lowest BCUT2D eigenvalue weighted by atomic mass is 9.97. The second-order valence-electron chi connectivity index (χ2n) is 6.06. The Balaban J connectivity index is 1.86. The molecule has 0 radical (unpaired) electrons. The number of aromatic nitrogens is 2. The maximum absolute atomic E-state index is 11.9. The van der Waals surface area contributed by atoms with Crippen LogP contribution in [-0.4, -0.2) is 34.4 Å². The van der Waals surface area contributed by atoms with Crippen molar-refractivity contribution in [2.75, 3.05) is 24.6 Å². The Morgan fingerprint density at radius 3 is 2.57 bits per heavy atom. The lowest BCUT2D eigenvalue weighted by molar-refractivity contribution is 0.203. The summed E-state index contributed by atoms with van der Waals surface area (Å²) in [6.45, 7) is 4.16. The van der Waals surface area contributed by atoms with Crippen molar-refractivity contribution in [3.05, 3.63) is 56.9 Å². The Labute approximate surface area is 134 Å². The van der Waals surface area contributed by atoms with E-state index in [1.165, 1.54) is 16.8 Å². The predicted molar refractivity (Wildman–Crippen MR) is 89.4 cm³/mol. The first-order valence-electron chi connectivity index (χ1n) is 7.87. The number of aliphatic hydroxyl groups excluding tert-OH is 1. The highest BCUT2D eigenvalue weighted by Crippen LogP contribution is 2.27. The lowest BCUT2D eigenvalue weighted by Gasteiger charge is -2.34. The molecule has 2 aromatic rings. The zero-order chi connectivity index (χ0) is 16.4. The molecule has 1 aromatic heterocycles. The van der Waals surface area contributed by atoms with Gasteiger partial charge in [-0.05, 0) is 49.4 Å². The van der Waals surface area contributed by atoms with Crippen LogP contribution in [0.1, 0.15) is 18.4 Å². The molecule has 0 saturated carbocycles. The molecule has 2 N–H and O–H groups in total. The van der Waals surface area contributed by atoms with E-state index < -0.39 is 11.2 Å². The second-order valence-corrected chi connectivity index (χ2v) is 6.06. The molecular formula is C17H21N3O3. The van der Waals surface area contributed by atoms with E-state index in [4.69, 9.17) is 0 Å². The van der Waals surface area contributed by atoms with Gasteiger partial charge in [0.05, 0.1) is 5.69 Å². The minimum Gasteiger partial charge on any atom is -0.396 e. The fourth-order valence-corrected chi connectivity index (χ4v) is 3.12. The highest BCUT2D eigenvalue weighted by Gasteiger charge is 2.19. The normalized spacial score (nSPS) is 15.8. The molecule has 122 valence electrons. The third-order valence-electron chi connectivity index (χ3n) is 4.50. The smallest absolute Gasteiger partial charge is 0.332 e. The molecule has 0 atom stereocenters. The molecule has 1 aliphatic rings. The summed E-state index contributed by atoms with van der Waals surface area (Å²) in [4.78, 5) is 27.6. The van der Waals surface area contributed by atoms with Crippen LogP contribution >= 0.6 is 0 Å². The number of aromatic amines is 1. The summed E-state index contributed by atoms with van der Waals surface area (Å²) >= 11 is 0. The van der Waals surface area contributed by atoms with Crippen molar-refractivity contribution in [1.29, 1.82) is 0 Å². The van der Waals surface area contributed by atoms with Gasteiger partial charge in [0.2, 0.25) is 0 Å². The van der Waals surface area contributed by atoms with Gasteiger partial charge in [0.1, 0.15) is 0 Å². The molecule has 0 spiro atoms. The Morgan fingerprint density at radius 1 is 1.22 bits per heavy atom. The molecule has 0 amide bonds. The van der Waals surface area contributed by atoms with Gasteiger partial charge in [-0.25, -0.2) is 4.79 Å². The van der Waals surface area contributed by atoms with Crippen LogP contribution in [0.2, 0.25) is 0 Å². The maximum Gasteiger partial charge on any atom is 0.332 e. The predicted octanol–water partition coefficient (Wildman–Crippen LogP) is 1.04. The first kappa shape index (κ1) is 15.6. The standard InChI is InChI=1S/C17H21N3O3/c1-12-10-14(20-9-6-16(22)18-17(20)23)2-3-15(12)19-7-4-13(11-21)5-8-19/h2-3,6,9-10,13,21H,4-5,7-8,11H2,1H3,(H,18,22,23). The van der Waals surface area contributed by atoms with E-state index in [1.54, 1.807) is 0 Å². The number of benzene rings is 1. The molecule has 1 aliphatic heterocycles. The molecule has 1 aromatic carbocycles. The lowest BCUT2D eigenvalue weighted by Crippen LogP contribution is -2.35. The van der Waals surface area contributed by atoms with Crippen LogP contribution in [0.3, 0.4) is 0 Å². The number of aryl methyl sites for hydroxylation is 1. The zero-order valence-corrected chi connectivity index (χ0v) is 13.2. The Morgan fingerprint density at radius 2 is 1.96 bits per heavy atom. The van der Waals surface area contributed by atoms with Gasteiger partial charge in [-0.15, -0.1) is 0 Å². The van der Waals surface area contributed by atoms with Gasteiger partial charge in [-0.2, -0.15) is 0 Å². The third-order valence-corrected chi connectivity index (χ3v) is 4.50. The van der Waals surface area contributed by atoms with Crippen LogP contribution in [0.15, 0.2) is 40.1 Å². The van der Waals surface area contributed by atoms with E-state index in [1.807, 2.05) is 25.1 Å². The fraction of sp³-hybridized carbons (Fsp3) is 0.412. The van der Waals surface area contributed by atoms with E-state index in [9.17, 15) is 14.7 Å². The highest BCUT2D eigenvalue weighted by atomic mass is 16.3. The van der Waals surface area contributed by atoms with Crippen LogP contribution in [0.25, 0.3) is 5.69 Å². The van der Waals surface area contributed by atoms with Crippen molar-refractivity contribution >= 4 is 5.69 Å². The molecular weight excluding hydrogens is 294 g/mol. The van der Waals surface area contributed by atoms with E-state index in [0.717, 1.165) is 42.9 Å². The van der Waals surface area contributed by atoms with E-state index in [0.29, 0.717) is 5.92 Å². The summed E-state index contributed by atoms with van der Waals surface area (Å²) in [7, 11) is 0. The van der Waals surface area contributed by atoms with E-state index >= 15 is 0 Å². The summed E-state index contributed by atoms with van der Waals surface area (Å²) in [5, 5.41) is 9.23. The van der Waals surface area contributed by atoms with Crippen molar-refractivity contribution in [2.24, 2.45) is 5.92 Å². The van der Waals surface area contributed by atoms with Crippen LogP contribution < -0.4 is 16.1 Å². The number of H-pyrrole nitrogens is 1. The molecule has 0 aliphatic carbocycles. The SMILES string of the molecule is Cc1cc(-n2ccc(=O)[nH]c2=O)ccc1N1CCC(CO)CC1. The molecule has 6 nitrogen and oxygen atoms in total. The minimum atomic E-state index is -0.437. The number of anilines is 1. The maximum atomic E-state index is 11.9. The quantitative estimate of drug-likeness (QED) is 0.887. The third kappa shape index (κ3) is 3.22. The summed E-state index contributed by atoms with van der Waals surface area (Å²) in [5.74, 6) is 0.408. The summed E-state index contributed by atoms with van der Waals surface area (Å²) in [6, 6.07) is 7.19. The van der Waals surface area contributed by atoms with Crippen molar-refractivity contribution < 1.29 is 5.11 Å². The fourth-order valence-electron chi connectivity index (χ4n) is 3.12. The topological polar surface area (TPSA) is 78.3 Å². The second kappa shape index (κ2) is 6.42. The van der Waals surface area contributed by atoms with Crippen LogP contribution in [0, 0.1) is 12.8 Å². The van der Waals surface area contributed by atoms with Crippen LogP contribution in [-0.2, 0) is 0 Å². The van der Waals surface area contributed by atoms with Crippen molar-refractivity contribution in [3.63, 3.8) is 0 Å². The molecule has 23 heavy (non-hydrogen) atoms. The molecule has 2 heterocycles. The molecule has 1 fully saturated rings. The van der Waals surface area contributed by atoms with E-state index in [-0.39, 0.29) is 6.61 Å². The monoisotopic (exact) mass is 315 g/mol. The summed E-state index contributed by atoms with van der Waals surface area (Å²) in [5.41, 5.74) is 2.14. The number of hydrogen-bond donors (Lipinski definition) is 2. The van der Waals surface area contributed by atoms with Crippen molar-refractivity contribution in [1.82, 2.24) is 9.55 Å². The zero-order valence-electron chi connectivity index (χ0n) is 13.2. The number of nitrogens with zero attached hydrogens (tertiary/aromatic N) is 2. The average Bonchev–Trinajstić information content (AvgIpc) is 2.55. The van der Waals surface area contributed by atoms with Crippen molar-refractivity contribution in [3.8, 4) is 5.69 Å². The van der Waals surface area contributed by atoms with Gasteiger partial charge in [-0.1, -0.05) is 0 Å². The largest absolute Gasteiger partial charge is 0.396 e. The number of nitrogens with one attached hydrogen (secondary N) is 1. The van der Waals surface area contributed by atoms with Gasteiger partial charge in [0, 0.05) is 37.6 Å². The molecule has 6 heteroatoms. The first-order valence-corrected chi connectivity index (χ1v) is 7.87. The van der Waals surface area contributed by atoms with Gasteiger partial charge >= 0.3 is 5.69 Å². The molecule has 0 bridgehead atoms. The molecule has 0 unspecified atom stereocenters. The number of aliphatic hydroxyl groups is 1. The Hall–Kier alpha value is -2.34. The summed E-state index contributed by atoms with van der Waals surface area (Å²) in [6.07, 6.45) is 3.48.